The largest absolute Gasteiger partial charge is 0.389 e. The van der Waals surface area contributed by atoms with E-state index in [9.17, 15) is 14.3 Å². The van der Waals surface area contributed by atoms with Crippen LogP contribution in [-0.4, -0.2) is 29.6 Å². The van der Waals surface area contributed by atoms with Crippen LogP contribution in [0.25, 0.3) is 0 Å². The third kappa shape index (κ3) is 2.30. The molecule has 1 aromatic rings. The molecule has 1 aliphatic rings. The van der Waals surface area contributed by atoms with Gasteiger partial charge in [0.25, 0.3) is 0 Å². The number of anilines is 1. The number of amides is 1. The lowest BCUT2D eigenvalue weighted by Crippen LogP contribution is -2.62. The summed E-state index contributed by atoms with van der Waals surface area (Å²) < 4.78 is 13.9. The molecule has 104 valence electrons. The van der Waals surface area contributed by atoms with Crippen molar-refractivity contribution in [3.63, 3.8) is 0 Å². The topological polar surface area (TPSA) is 52.6 Å². The summed E-state index contributed by atoms with van der Waals surface area (Å²) in [5.41, 5.74) is 0.0514. The van der Waals surface area contributed by atoms with E-state index in [0.717, 1.165) is 0 Å². The summed E-state index contributed by atoms with van der Waals surface area (Å²) in [5, 5.41) is 12.6. The van der Waals surface area contributed by atoms with Crippen molar-refractivity contribution in [2.75, 3.05) is 18.0 Å². The van der Waals surface area contributed by atoms with Crippen LogP contribution in [0.5, 0.6) is 0 Å². The van der Waals surface area contributed by atoms with Gasteiger partial charge in [0.1, 0.15) is 11.4 Å². The third-order valence-electron chi connectivity index (χ3n) is 3.59. The maximum Gasteiger partial charge on any atom is 0.245 e. The van der Waals surface area contributed by atoms with E-state index < -0.39 is 17.5 Å². The summed E-state index contributed by atoms with van der Waals surface area (Å²) in [6.07, 6.45) is -0.919. The first-order valence-corrected chi connectivity index (χ1v) is 6.38. The second-order valence-corrected chi connectivity index (χ2v) is 5.32. The lowest BCUT2D eigenvalue weighted by atomic mass is 9.95. The second-order valence-electron chi connectivity index (χ2n) is 5.32. The van der Waals surface area contributed by atoms with Crippen LogP contribution < -0.4 is 10.2 Å². The summed E-state index contributed by atoms with van der Waals surface area (Å²) >= 11 is 0. The Balaban J connectivity index is 2.52. The van der Waals surface area contributed by atoms with E-state index in [4.69, 9.17) is 0 Å². The van der Waals surface area contributed by atoms with Gasteiger partial charge in [-0.3, -0.25) is 4.79 Å². The molecule has 0 bridgehead atoms. The maximum absolute atomic E-state index is 13.9. The Morgan fingerprint density at radius 1 is 1.47 bits per heavy atom. The standard InChI is InChI=1S/C14H19FN2O2/c1-9(18)12-10(15)5-4-6-11(12)17-8-7-16-13(19)14(17,2)3/h4-6,9,18H,7-8H2,1-3H3,(H,16,19)/t9-/m0/s1. The number of aliphatic hydroxyl groups excluding tert-OH is 1. The van der Waals surface area contributed by atoms with E-state index in [2.05, 4.69) is 5.32 Å². The van der Waals surface area contributed by atoms with Crippen molar-refractivity contribution in [3.05, 3.63) is 29.6 Å². The van der Waals surface area contributed by atoms with Gasteiger partial charge in [-0.15, -0.1) is 0 Å². The van der Waals surface area contributed by atoms with Gasteiger partial charge in [-0.2, -0.15) is 0 Å². The van der Waals surface area contributed by atoms with Gasteiger partial charge in [0.15, 0.2) is 0 Å². The Bertz CT molecular complexity index is 500. The van der Waals surface area contributed by atoms with Crippen LogP contribution >= 0.6 is 0 Å². The van der Waals surface area contributed by atoms with Crippen molar-refractivity contribution in [1.29, 1.82) is 0 Å². The minimum atomic E-state index is -0.919. The molecule has 19 heavy (non-hydrogen) atoms. The fourth-order valence-corrected chi connectivity index (χ4v) is 2.50. The van der Waals surface area contributed by atoms with E-state index in [-0.39, 0.29) is 11.5 Å². The monoisotopic (exact) mass is 266 g/mol. The van der Waals surface area contributed by atoms with Crippen LogP contribution in [0.2, 0.25) is 0 Å². The Labute approximate surface area is 112 Å². The van der Waals surface area contributed by atoms with Gasteiger partial charge in [0, 0.05) is 24.3 Å². The highest BCUT2D eigenvalue weighted by Gasteiger charge is 2.39. The lowest BCUT2D eigenvalue weighted by Gasteiger charge is -2.43. The number of aliphatic hydroxyl groups is 1. The van der Waals surface area contributed by atoms with Crippen molar-refractivity contribution < 1.29 is 14.3 Å². The predicted octanol–water partition coefficient (Wildman–Crippen LogP) is 1.59. The first-order chi connectivity index (χ1) is 8.85. The molecule has 5 heteroatoms. The van der Waals surface area contributed by atoms with E-state index >= 15 is 0 Å². The molecule has 2 N–H and O–H groups in total. The normalized spacial score (nSPS) is 20.1. The van der Waals surface area contributed by atoms with Crippen LogP contribution in [0, 0.1) is 5.82 Å². The molecule has 0 radical (unpaired) electrons. The third-order valence-corrected chi connectivity index (χ3v) is 3.59. The average molecular weight is 266 g/mol. The molecular weight excluding hydrogens is 247 g/mol. The zero-order chi connectivity index (χ0) is 14.2. The fourth-order valence-electron chi connectivity index (χ4n) is 2.50. The molecule has 0 saturated carbocycles. The number of hydrogen-bond acceptors (Lipinski definition) is 3. The van der Waals surface area contributed by atoms with Crippen molar-refractivity contribution in [2.45, 2.75) is 32.4 Å². The molecule has 2 rings (SSSR count). The van der Waals surface area contributed by atoms with E-state index in [1.807, 2.05) is 4.90 Å². The van der Waals surface area contributed by atoms with Gasteiger partial charge in [0.05, 0.1) is 6.10 Å². The summed E-state index contributed by atoms with van der Waals surface area (Å²) in [7, 11) is 0. The summed E-state index contributed by atoms with van der Waals surface area (Å²) in [4.78, 5) is 13.8. The molecule has 1 aromatic carbocycles. The van der Waals surface area contributed by atoms with E-state index in [0.29, 0.717) is 18.8 Å². The molecule has 1 aliphatic heterocycles. The minimum Gasteiger partial charge on any atom is -0.389 e. The molecule has 1 atom stereocenters. The number of piperazine rings is 1. The molecule has 1 amide bonds. The molecule has 1 fully saturated rings. The van der Waals surface area contributed by atoms with Crippen LogP contribution in [0.15, 0.2) is 18.2 Å². The number of rotatable bonds is 2. The Kier molecular flexibility index (Phi) is 3.49. The molecule has 0 aliphatic carbocycles. The Hall–Kier alpha value is -1.62. The minimum absolute atomic E-state index is 0.0976. The Morgan fingerprint density at radius 2 is 2.16 bits per heavy atom. The first-order valence-electron chi connectivity index (χ1n) is 6.38. The second kappa shape index (κ2) is 4.81. The highest BCUT2D eigenvalue weighted by atomic mass is 19.1. The molecule has 0 spiro atoms. The zero-order valence-corrected chi connectivity index (χ0v) is 11.4. The molecule has 0 aromatic heterocycles. The number of benzene rings is 1. The molecule has 1 heterocycles. The number of halogens is 1. The van der Waals surface area contributed by atoms with Crippen LogP contribution in [0.1, 0.15) is 32.4 Å². The van der Waals surface area contributed by atoms with E-state index in [1.54, 1.807) is 26.0 Å². The van der Waals surface area contributed by atoms with Crippen molar-refractivity contribution in [1.82, 2.24) is 5.32 Å². The average Bonchev–Trinajstić information content (AvgIpc) is 2.31. The number of carbonyl (C=O) groups excluding carboxylic acids is 1. The Morgan fingerprint density at radius 3 is 2.79 bits per heavy atom. The zero-order valence-electron chi connectivity index (χ0n) is 11.4. The quantitative estimate of drug-likeness (QED) is 0.854. The first kappa shape index (κ1) is 13.8. The molecule has 4 nitrogen and oxygen atoms in total. The summed E-state index contributed by atoms with van der Waals surface area (Å²) in [5.74, 6) is -0.547. The summed E-state index contributed by atoms with van der Waals surface area (Å²) in [6, 6.07) is 4.66. The van der Waals surface area contributed by atoms with Gasteiger partial charge >= 0.3 is 0 Å². The van der Waals surface area contributed by atoms with Crippen molar-refractivity contribution in [3.8, 4) is 0 Å². The van der Waals surface area contributed by atoms with Crippen LogP contribution in [0.3, 0.4) is 0 Å². The molecule has 1 saturated heterocycles. The number of carbonyl (C=O) groups is 1. The highest BCUT2D eigenvalue weighted by molar-refractivity contribution is 5.90. The van der Waals surface area contributed by atoms with Gasteiger partial charge in [-0.1, -0.05) is 6.07 Å². The molecule has 0 unspecified atom stereocenters. The SMILES string of the molecule is C[C@H](O)c1c(F)cccc1N1CCNC(=O)C1(C)C. The smallest absolute Gasteiger partial charge is 0.245 e. The number of hydrogen-bond donors (Lipinski definition) is 2. The predicted molar refractivity (Wildman–Crippen MR) is 71.5 cm³/mol. The van der Waals surface area contributed by atoms with Crippen LogP contribution in [-0.2, 0) is 4.79 Å². The van der Waals surface area contributed by atoms with Gasteiger partial charge in [-0.05, 0) is 32.9 Å². The van der Waals surface area contributed by atoms with Crippen molar-refractivity contribution >= 4 is 11.6 Å². The van der Waals surface area contributed by atoms with Crippen molar-refractivity contribution in [2.24, 2.45) is 0 Å². The highest BCUT2D eigenvalue weighted by Crippen LogP contribution is 2.34. The van der Waals surface area contributed by atoms with Crippen LogP contribution in [0.4, 0.5) is 10.1 Å². The van der Waals surface area contributed by atoms with Gasteiger partial charge in [-0.25, -0.2) is 4.39 Å². The molecular formula is C14H19FN2O2. The number of nitrogens with one attached hydrogen (secondary N) is 1. The fraction of sp³-hybridized carbons (Fsp3) is 0.500. The van der Waals surface area contributed by atoms with Gasteiger partial charge < -0.3 is 15.3 Å². The summed E-state index contributed by atoms with van der Waals surface area (Å²) in [6.45, 7) is 6.20. The van der Waals surface area contributed by atoms with Gasteiger partial charge in [0.2, 0.25) is 5.91 Å². The maximum atomic E-state index is 13.9. The lowest BCUT2D eigenvalue weighted by molar-refractivity contribution is -0.126. The van der Waals surface area contributed by atoms with E-state index in [1.165, 1.54) is 13.0 Å². The number of nitrogens with zero attached hydrogens (tertiary/aromatic N) is 1.